The van der Waals surface area contributed by atoms with Crippen molar-refractivity contribution < 1.29 is 18.0 Å². The number of carbonyl (C=O) groups is 2. The summed E-state index contributed by atoms with van der Waals surface area (Å²) in [7, 11) is -3.60. The van der Waals surface area contributed by atoms with Crippen LogP contribution in [0.5, 0.6) is 0 Å². The van der Waals surface area contributed by atoms with Crippen molar-refractivity contribution in [3.63, 3.8) is 0 Å². The van der Waals surface area contributed by atoms with Crippen LogP contribution in [0.3, 0.4) is 0 Å². The van der Waals surface area contributed by atoms with E-state index in [1.807, 2.05) is 0 Å². The van der Waals surface area contributed by atoms with Crippen molar-refractivity contribution in [2.75, 3.05) is 17.1 Å². The molecule has 1 atom stereocenters. The maximum Gasteiger partial charge on any atom is 0.242 e. The number of benzene rings is 2. The van der Waals surface area contributed by atoms with Gasteiger partial charge in [-0.2, -0.15) is 0 Å². The zero-order chi connectivity index (χ0) is 27.2. The summed E-state index contributed by atoms with van der Waals surface area (Å²) < 4.78 is 26.1. The Kier molecular flexibility index (Phi) is 10.5. The van der Waals surface area contributed by atoms with Crippen molar-refractivity contribution in [3.05, 3.63) is 63.1 Å². The molecule has 1 aliphatic rings. The van der Waals surface area contributed by atoms with E-state index < -0.39 is 16.1 Å². The summed E-state index contributed by atoms with van der Waals surface area (Å²) in [4.78, 5) is 27.9. The summed E-state index contributed by atoms with van der Waals surface area (Å²) in [5, 5.41) is 4.24. The fraction of sp³-hybridized carbons (Fsp3) is 0.462. The average Bonchev–Trinajstić information content (AvgIpc) is 3.34. The van der Waals surface area contributed by atoms with Crippen molar-refractivity contribution >= 4 is 62.3 Å². The molecule has 0 spiro atoms. The third-order valence-corrected chi connectivity index (χ3v) is 8.62. The molecule has 1 N–H and O–H groups in total. The third-order valence-electron chi connectivity index (χ3n) is 6.45. The van der Waals surface area contributed by atoms with Crippen LogP contribution in [0.25, 0.3) is 0 Å². The highest BCUT2D eigenvalue weighted by Gasteiger charge is 2.29. The zero-order valence-electron chi connectivity index (χ0n) is 20.9. The smallest absolute Gasteiger partial charge is 0.242 e. The van der Waals surface area contributed by atoms with Gasteiger partial charge in [-0.15, -0.1) is 0 Å². The van der Waals surface area contributed by atoms with E-state index in [0.29, 0.717) is 20.8 Å². The molecule has 3 rings (SSSR count). The molecule has 2 aromatic carbocycles. The van der Waals surface area contributed by atoms with Crippen LogP contribution in [-0.4, -0.2) is 50.0 Å². The first-order valence-corrected chi connectivity index (χ1v) is 15.2. The molecule has 0 radical (unpaired) electrons. The molecule has 1 aliphatic carbocycles. The van der Waals surface area contributed by atoms with Gasteiger partial charge in [0.2, 0.25) is 21.8 Å². The van der Waals surface area contributed by atoms with E-state index in [4.69, 9.17) is 34.8 Å². The maximum atomic E-state index is 13.4. The van der Waals surface area contributed by atoms with Crippen molar-refractivity contribution in [3.8, 4) is 0 Å². The summed E-state index contributed by atoms with van der Waals surface area (Å²) >= 11 is 18.3. The maximum absolute atomic E-state index is 13.4. The highest BCUT2D eigenvalue weighted by Crippen LogP contribution is 2.25. The summed E-state index contributed by atoms with van der Waals surface area (Å²) in [6.45, 7) is 1.96. The van der Waals surface area contributed by atoms with E-state index in [0.717, 1.165) is 37.5 Å². The Morgan fingerprint density at radius 3 is 2.38 bits per heavy atom. The predicted octanol–water partition coefficient (Wildman–Crippen LogP) is 5.67. The largest absolute Gasteiger partial charge is 0.352 e. The Hall–Kier alpha value is -2.00. The molecule has 2 amide bonds. The van der Waals surface area contributed by atoms with Gasteiger partial charge in [0.15, 0.2) is 0 Å². The van der Waals surface area contributed by atoms with Crippen LogP contribution in [0.15, 0.2) is 42.5 Å². The van der Waals surface area contributed by atoms with E-state index in [1.165, 1.54) is 9.21 Å². The molecule has 11 heteroatoms. The molecule has 0 heterocycles. The summed E-state index contributed by atoms with van der Waals surface area (Å²) in [5.74, 6) is -0.475. The lowest BCUT2D eigenvalue weighted by Crippen LogP contribution is -2.49. The molecule has 0 aromatic heterocycles. The first-order chi connectivity index (χ1) is 17.5. The van der Waals surface area contributed by atoms with Gasteiger partial charge in [0.05, 0.1) is 22.0 Å². The second-order valence-electron chi connectivity index (χ2n) is 9.35. The highest BCUT2D eigenvalue weighted by atomic mass is 35.5. The van der Waals surface area contributed by atoms with Gasteiger partial charge in [-0.1, -0.05) is 59.8 Å². The van der Waals surface area contributed by atoms with Gasteiger partial charge in [0.1, 0.15) is 6.04 Å². The lowest BCUT2D eigenvalue weighted by atomic mass is 10.1. The molecular weight excluding hydrogens is 557 g/mol. The third kappa shape index (κ3) is 8.50. The van der Waals surface area contributed by atoms with Gasteiger partial charge in [-0.3, -0.25) is 13.9 Å². The number of nitrogens with zero attached hydrogens (tertiary/aromatic N) is 2. The second-order valence-corrected chi connectivity index (χ2v) is 12.5. The van der Waals surface area contributed by atoms with Gasteiger partial charge < -0.3 is 10.2 Å². The molecule has 202 valence electrons. The number of amides is 2. The lowest BCUT2D eigenvalue weighted by Gasteiger charge is -2.30. The first-order valence-electron chi connectivity index (χ1n) is 12.2. The van der Waals surface area contributed by atoms with E-state index in [2.05, 4.69) is 5.32 Å². The fourth-order valence-electron chi connectivity index (χ4n) is 4.44. The number of halogens is 3. The molecule has 0 unspecified atom stereocenters. The van der Waals surface area contributed by atoms with Crippen molar-refractivity contribution in [2.24, 2.45) is 0 Å². The topological polar surface area (TPSA) is 86.8 Å². The Morgan fingerprint density at radius 1 is 1.05 bits per heavy atom. The van der Waals surface area contributed by atoms with Crippen LogP contribution in [-0.2, 0) is 26.2 Å². The van der Waals surface area contributed by atoms with Crippen LogP contribution >= 0.6 is 34.8 Å². The monoisotopic (exact) mass is 587 g/mol. The van der Waals surface area contributed by atoms with Gasteiger partial charge in [-0.25, -0.2) is 8.42 Å². The Morgan fingerprint density at radius 2 is 1.76 bits per heavy atom. The standard InChI is InChI=1S/C26H32Cl3N3O4S/c1-18(26(34)30-21-8-3-4-9-21)31(17-19-12-13-23(28)24(29)15-19)25(33)11-6-14-32(37(2,35)36)22-10-5-7-20(27)16-22/h5,7,10,12-13,15-16,18,21H,3-4,6,8-9,11,14,17H2,1-2H3,(H,30,34)/t18-/m1/s1. The molecule has 2 aromatic rings. The van der Waals surface area contributed by atoms with E-state index in [-0.39, 0.29) is 43.8 Å². The number of sulfonamides is 1. The van der Waals surface area contributed by atoms with Crippen LogP contribution in [0.2, 0.25) is 15.1 Å². The highest BCUT2D eigenvalue weighted by molar-refractivity contribution is 7.92. The van der Waals surface area contributed by atoms with Gasteiger partial charge in [-0.05, 0) is 62.1 Å². The van der Waals surface area contributed by atoms with E-state index in [9.17, 15) is 18.0 Å². The Labute approximate surface area is 234 Å². The quantitative estimate of drug-likeness (QED) is 0.367. The Balaban J connectivity index is 1.74. The van der Waals surface area contributed by atoms with Crippen LogP contribution in [0, 0.1) is 0 Å². The summed E-state index contributed by atoms with van der Waals surface area (Å²) in [6.07, 6.45) is 5.45. The molecular formula is C26H32Cl3N3O4S. The van der Waals surface area contributed by atoms with Crippen LogP contribution in [0.1, 0.15) is 51.0 Å². The van der Waals surface area contributed by atoms with Crippen molar-refractivity contribution in [1.82, 2.24) is 10.2 Å². The molecule has 0 saturated heterocycles. The van der Waals surface area contributed by atoms with Crippen LogP contribution in [0.4, 0.5) is 5.69 Å². The first kappa shape index (κ1) is 29.6. The fourth-order valence-corrected chi connectivity index (χ4v) is 5.91. The number of hydrogen-bond acceptors (Lipinski definition) is 4. The molecule has 0 bridgehead atoms. The lowest BCUT2D eigenvalue weighted by molar-refractivity contribution is -0.141. The minimum absolute atomic E-state index is 0.0506. The van der Waals surface area contributed by atoms with Gasteiger partial charge in [0, 0.05) is 30.6 Å². The molecule has 7 nitrogen and oxygen atoms in total. The predicted molar refractivity (Wildman–Crippen MR) is 150 cm³/mol. The number of rotatable bonds is 11. The minimum atomic E-state index is -3.60. The number of hydrogen-bond donors (Lipinski definition) is 1. The van der Waals surface area contributed by atoms with E-state index >= 15 is 0 Å². The average molecular weight is 589 g/mol. The van der Waals surface area contributed by atoms with Crippen molar-refractivity contribution in [2.45, 2.75) is 64.1 Å². The SMILES string of the molecule is C[C@H](C(=O)NC1CCCC1)N(Cc1ccc(Cl)c(Cl)c1)C(=O)CCCN(c1cccc(Cl)c1)S(C)(=O)=O. The molecule has 1 fully saturated rings. The van der Waals surface area contributed by atoms with Crippen molar-refractivity contribution in [1.29, 1.82) is 0 Å². The summed E-state index contributed by atoms with van der Waals surface area (Å²) in [5.41, 5.74) is 1.17. The molecule has 37 heavy (non-hydrogen) atoms. The summed E-state index contributed by atoms with van der Waals surface area (Å²) in [6, 6.07) is 11.0. The number of anilines is 1. The van der Waals surface area contributed by atoms with Gasteiger partial charge >= 0.3 is 0 Å². The Bertz CT molecular complexity index is 1220. The van der Waals surface area contributed by atoms with Gasteiger partial charge in [0.25, 0.3) is 0 Å². The zero-order valence-corrected chi connectivity index (χ0v) is 24.0. The molecule has 0 aliphatic heterocycles. The number of carbonyl (C=O) groups excluding carboxylic acids is 2. The molecule has 1 saturated carbocycles. The second kappa shape index (κ2) is 13.2. The minimum Gasteiger partial charge on any atom is -0.352 e. The number of nitrogens with one attached hydrogen (secondary N) is 1. The normalized spacial score (nSPS) is 14.8. The van der Waals surface area contributed by atoms with Crippen LogP contribution < -0.4 is 9.62 Å². The van der Waals surface area contributed by atoms with E-state index in [1.54, 1.807) is 49.4 Å².